The highest BCUT2D eigenvalue weighted by Gasteiger charge is 2.31. The van der Waals surface area contributed by atoms with Gasteiger partial charge in [0.2, 0.25) is 0 Å². The number of primary amides is 1. The summed E-state index contributed by atoms with van der Waals surface area (Å²) >= 11 is 0. The molecule has 0 aliphatic rings. The van der Waals surface area contributed by atoms with Gasteiger partial charge in [-0.2, -0.15) is 0 Å². The van der Waals surface area contributed by atoms with Crippen LogP contribution in [0.15, 0.2) is 42.5 Å². The number of hydrogen-bond acceptors (Lipinski definition) is 2. The van der Waals surface area contributed by atoms with Gasteiger partial charge in [-0.15, -0.1) is 0 Å². The molecule has 94 valence electrons. The molecule has 0 bridgehead atoms. The summed E-state index contributed by atoms with van der Waals surface area (Å²) < 4.78 is 5.85. The van der Waals surface area contributed by atoms with Crippen molar-refractivity contribution in [3.63, 3.8) is 0 Å². The molecule has 0 spiro atoms. The van der Waals surface area contributed by atoms with Gasteiger partial charge in [0.05, 0.1) is 0 Å². The van der Waals surface area contributed by atoms with Crippen molar-refractivity contribution in [3.05, 3.63) is 42.5 Å². The third-order valence-electron chi connectivity index (χ3n) is 3.28. The Hall–Kier alpha value is -2.03. The summed E-state index contributed by atoms with van der Waals surface area (Å²) in [6.07, 6.45) is 0.533. The van der Waals surface area contributed by atoms with E-state index in [0.717, 1.165) is 10.8 Å². The standard InChI is InChI=1S/C15H17NO2/c1-3-15(2,14(16)17)18-13-10-6-8-11-7-4-5-9-12(11)13/h4-10H,3H2,1-2H3,(H2,16,17). The second-order valence-electron chi connectivity index (χ2n) is 4.53. The van der Waals surface area contributed by atoms with E-state index in [9.17, 15) is 4.79 Å². The van der Waals surface area contributed by atoms with Crippen LogP contribution in [0.3, 0.4) is 0 Å². The Morgan fingerprint density at radius 1 is 1.22 bits per heavy atom. The lowest BCUT2D eigenvalue weighted by Crippen LogP contribution is -2.45. The third kappa shape index (κ3) is 2.16. The fraction of sp³-hybridized carbons (Fsp3) is 0.267. The quantitative estimate of drug-likeness (QED) is 0.897. The molecule has 2 N–H and O–H groups in total. The molecule has 0 radical (unpaired) electrons. The average molecular weight is 243 g/mol. The SMILES string of the molecule is CCC(C)(Oc1cccc2ccccc12)C(N)=O. The van der Waals surface area contributed by atoms with Crippen molar-refractivity contribution >= 4 is 16.7 Å². The number of rotatable bonds is 4. The minimum absolute atomic E-state index is 0.446. The summed E-state index contributed by atoms with van der Waals surface area (Å²) in [5.41, 5.74) is 4.44. The van der Waals surface area contributed by atoms with Crippen LogP contribution in [0.2, 0.25) is 0 Å². The van der Waals surface area contributed by atoms with Gasteiger partial charge >= 0.3 is 0 Å². The van der Waals surface area contributed by atoms with Crippen LogP contribution in [-0.2, 0) is 4.79 Å². The molecular weight excluding hydrogens is 226 g/mol. The van der Waals surface area contributed by atoms with Gasteiger partial charge in [-0.05, 0) is 24.8 Å². The molecule has 1 amide bonds. The molecule has 1 unspecified atom stereocenters. The van der Waals surface area contributed by atoms with Crippen molar-refractivity contribution in [2.45, 2.75) is 25.9 Å². The third-order valence-corrected chi connectivity index (χ3v) is 3.28. The number of benzene rings is 2. The predicted octanol–water partition coefficient (Wildman–Crippen LogP) is 2.87. The summed E-state index contributed by atoms with van der Waals surface area (Å²) in [5.74, 6) is 0.245. The lowest BCUT2D eigenvalue weighted by molar-refractivity contribution is -0.132. The van der Waals surface area contributed by atoms with Gasteiger partial charge in [-0.1, -0.05) is 43.3 Å². The molecule has 2 aromatic rings. The molecule has 2 rings (SSSR count). The number of fused-ring (bicyclic) bond motifs is 1. The van der Waals surface area contributed by atoms with E-state index in [1.165, 1.54) is 0 Å². The first-order valence-corrected chi connectivity index (χ1v) is 6.03. The van der Waals surface area contributed by atoms with Crippen LogP contribution in [0.4, 0.5) is 0 Å². The molecule has 3 heteroatoms. The monoisotopic (exact) mass is 243 g/mol. The lowest BCUT2D eigenvalue weighted by Gasteiger charge is -2.26. The van der Waals surface area contributed by atoms with Gasteiger partial charge in [0, 0.05) is 5.39 Å². The Morgan fingerprint density at radius 3 is 2.56 bits per heavy atom. The molecule has 0 saturated carbocycles. The minimum Gasteiger partial charge on any atom is -0.477 e. The van der Waals surface area contributed by atoms with Crippen LogP contribution in [0.5, 0.6) is 5.75 Å². The first-order chi connectivity index (χ1) is 8.57. The summed E-state index contributed by atoms with van der Waals surface area (Å²) in [5, 5.41) is 2.07. The summed E-state index contributed by atoms with van der Waals surface area (Å²) in [4.78, 5) is 11.5. The van der Waals surface area contributed by atoms with Gasteiger partial charge in [-0.25, -0.2) is 0 Å². The van der Waals surface area contributed by atoms with Crippen LogP contribution < -0.4 is 10.5 Å². The summed E-state index contributed by atoms with van der Waals surface area (Å²) in [6.45, 7) is 3.60. The molecule has 0 aliphatic heterocycles. The van der Waals surface area contributed by atoms with Crippen molar-refractivity contribution in [1.82, 2.24) is 0 Å². The minimum atomic E-state index is -0.968. The molecule has 0 aromatic heterocycles. The number of carbonyl (C=O) groups excluding carboxylic acids is 1. The Bertz CT molecular complexity index is 574. The normalized spacial score (nSPS) is 14.1. The summed E-state index contributed by atoms with van der Waals surface area (Å²) in [6, 6.07) is 13.7. The average Bonchev–Trinajstić information content (AvgIpc) is 2.39. The molecular formula is C15H17NO2. The number of carbonyl (C=O) groups is 1. The second kappa shape index (κ2) is 4.69. The molecule has 18 heavy (non-hydrogen) atoms. The van der Waals surface area contributed by atoms with Gasteiger partial charge in [-0.3, -0.25) is 4.79 Å². The molecule has 2 aromatic carbocycles. The molecule has 1 atom stereocenters. The van der Waals surface area contributed by atoms with Crippen molar-refractivity contribution < 1.29 is 9.53 Å². The van der Waals surface area contributed by atoms with E-state index in [1.54, 1.807) is 6.92 Å². The highest BCUT2D eigenvalue weighted by atomic mass is 16.5. The van der Waals surface area contributed by atoms with Gasteiger partial charge in [0.25, 0.3) is 5.91 Å². The molecule has 3 nitrogen and oxygen atoms in total. The Kier molecular flexibility index (Phi) is 3.24. The van der Waals surface area contributed by atoms with E-state index >= 15 is 0 Å². The fourth-order valence-electron chi connectivity index (χ4n) is 1.82. The van der Waals surface area contributed by atoms with Crippen LogP contribution in [-0.4, -0.2) is 11.5 Å². The zero-order valence-corrected chi connectivity index (χ0v) is 10.6. The van der Waals surface area contributed by atoms with Gasteiger partial charge < -0.3 is 10.5 Å². The van der Waals surface area contributed by atoms with Crippen molar-refractivity contribution in [2.24, 2.45) is 5.73 Å². The highest BCUT2D eigenvalue weighted by molar-refractivity contribution is 5.89. The molecule has 0 fully saturated rings. The topological polar surface area (TPSA) is 52.3 Å². The van der Waals surface area contributed by atoms with E-state index in [0.29, 0.717) is 12.2 Å². The van der Waals surface area contributed by atoms with Crippen molar-refractivity contribution in [1.29, 1.82) is 0 Å². The first-order valence-electron chi connectivity index (χ1n) is 6.03. The van der Waals surface area contributed by atoms with Crippen molar-refractivity contribution in [3.8, 4) is 5.75 Å². The van der Waals surface area contributed by atoms with E-state index < -0.39 is 11.5 Å². The Balaban J connectivity index is 2.46. The number of hydrogen-bond donors (Lipinski definition) is 1. The van der Waals surface area contributed by atoms with E-state index in [4.69, 9.17) is 10.5 Å². The van der Waals surface area contributed by atoms with Crippen LogP contribution in [0.1, 0.15) is 20.3 Å². The number of nitrogens with two attached hydrogens (primary N) is 1. The van der Waals surface area contributed by atoms with Crippen LogP contribution >= 0.6 is 0 Å². The van der Waals surface area contributed by atoms with Gasteiger partial charge in [0.15, 0.2) is 5.60 Å². The lowest BCUT2D eigenvalue weighted by atomic mass is 10.0. The predicted molar refractivity (Wildman–Crippen MR) is 72.5 cm³/mol. The Morgan fingerprint density at radius 2 is 1.89 bits per heavy atom. The summed E-state index contributed by atoms with van der Waals surface area (Å²) in [7, 11) is 0. The van der Waals surface area contributed by atoms with Crippen molar-refractivity contribution in [2.75, 3.05) is 0 Å². The highest BCUT2D eigenvalue weighted by Crippen LogP contribution is 2.29. The second-order valence-corrected chi connectivity index (χ2v) is 4.53. The fourth-order valence-corrected chi connectivity index (χ4v) is 1.82. The molecule has 0 aliphatic carbocycles. The molecule has 0 saturated heterocycles. The smallest absolute Gasteiger partial charge is 0.261 e. The Labute approximate surface area is 107 Å². The van der Waals surface area contributed by atoms with Crippen LogP contribution in [0.25, 0.3) is 10.8 Å². The van der Waals surface area contributed by atoms with Crippen LogP contribution in [0, 0.1) is 0 Å². The number of ether oxygens (including phenoxy) is 1. The van der Waals surface area contributed by atoms with E-state index in [1.807, 2.05) is 49.4 Å². The maximum Gasteiger partial charge on any atom is 0.261 e. The maximum atomic E-state index is 11.5. The number of amides is 1. The van der Waals surface area contributed by atoms with E-state index in [-0.39, 0.29) is 0 Å². The first kappa shape index (κ1) is 12.4. The van der Waals surface area contributed by atoms with Gasteiger partial charge in [0.1, 0.15) is 5.75 Å². The zero-order chi connectivity index (χ0) is 13.2. The molecule has 0 heterocycles. The largest absolute Gasteiger partial charge is 0.477 e. The van der Waals surface area contributed by atoms with E-state index in [2.05, 4.69) is 0 Å². The zero-order valence-electron chi connectivity index (χ0n) is 10.6. The maximum absolute atomic E-state index is 11.5.